The first-order valence-corrected chi connectivity index (χ1v) is 4.96. The molecule has 0 heterocycles. The average Bonchev–Trinajstić information content (AvgIpc) is 2.11. The maximum absolute atomic E-state index is 11.1. The molecule has 0 aromatic heterocycles. The van der Waals surface area contributed by atoms with E-state index in [0.29, 0.717) is 0 Å². The van der Waals surface area contributed by atoms with Gasteiger partial charge in [-0.25, -0.2) is 0 Å². The molecule has 0 atom stereocenters. The van der Waals surface area contributed by atoms with E-state index in [1.165, 1.54) is 12.0 Å². The van der Waals surface area contributed by atoms with E-state index in [2.05, 4.69) is 6.92 Å². The first kappa shape index (κ1) is 12.2. The molecule has 0 amide bonds. The molecule has 0 radical (unpaired) electrons. The predicted molar refractivity (Wildman–Crippen MR) is 57.7 cm³/mol. The molecule has 0 fully saturated rings. The normalized spacial score (nSPS) is 13.2. The van der Waals surface area contributed by atoms with Gasteiger partial charge in [0.15, 0.2) is 5.78 Å². The number of hydrogen-bond donors (Lipinski definition) is 0. The van der Waals surface area contributed by atoms with E-state index in [9.17, 15) is 4.79 Å². The second-order valence-corrected chi connectivity index (χ2v) is 3.31. The number of Topliss-reactive ketones (excluding diaryl/α,β-unsaturated/α-hetero) is 1. The molecule has 0 saturated heterocycles. The Labute approximate surface area is 81.5 Å². The molecule has 0 aliphatic carbocycles. The van der Waals surface area contributed by atoms with Gasteiger partial charge in [-0.05, 0) is 44.8 Å². The van der Waals surface area contributed by atoms with Gasteiger partial charge in [-0.15, -0.1) is 0 Å². The number of carbonyl (C=O) groups excluding carboxylic acids is 1. The maximum atomic E-state index is 11.1. The van der Waals surface area contributed by atoms with Crippen molar-refractivity contribution in [2.45, 2.75) is 47.0 Å². The summed E-state index contributed by atoms with van der Waals surface area (Å²) in [5.74, 6) is 0.184. The summed E-state index contributed by atoms with van der Waals surface area (Å²) in [5, 5.41) is 0. The molecule has 0 saturated carbocycles. The van der Waals surface area contributed by atoms with Gasteiger partial charge < -0.3 is 0 Å². The SMILES string of the molecule is C/C=C\C(CCCC)=C(/C)C(C)=O. The van der Waals surface area contributed by atoms with Gasteiger partial charge in [-0.3, -0.25) is 4.79 Å². The Morgan fingerprint density at radius 2 is 1.92 bits per heavy atom. The van der Waals surface area contributed by atoms with E-state index in [0.717, 1.165) is 18.4 Å². The van der Waals surface area contributed by atoms with Crippen molar-refractivity contribution in [3.8, 4) is 0 Å². The molecule has 0 aromatic rings. The summed E-state index contributed by atoms with van der Waals surface area (Å²) in [6.45, 7) is 7.69. The van der Waals surface area contributed by atoms with Crippen molar-refractivity contribution in [2.24, 2.45) is 0 Å². The molecule has 0 spiro atoms. The number of hydrogen-bond acceptors (Lipinski definition) is 1. The summed E-state index contributed by atoms with van der Waals surface area (Å²) in [6.07, 6.45) is 7.40. The van der Waals surface area contributed by atoms with Crippen LogP contribution in [0.15, 0.2) is 23.3 Å². The summed E-state index contributed by atoms with van der Waals surface area (Å²) in [6, 6.07) is 0. The van der Waals surface area contributed by atoms with E-state index in [1.807, 2.05) is 26.0 Å². The van der Waals surface area contributed by atoms with Gasteiger partial charge in [-0.2, -0.15) is 0 Å². The highest BCUT2D eigenvalue weighted by Gasteiger charge is 2.02. The van der Waals surface area contributed by atoms with E-state index in [4.69, 9.17) is 0 Å². The smallest absolute Gasteiger partial charge is 0.155 e. The third-order valence-corrected chi connectivity index (χ3v) is 2.18. The topological polar surface area (TPSA) is 17.1 Å². The Morgan fingerprint density at radius 3 is 2.31 bits per heavy atom. The summed E-state index contributed by atoms with van der Waals surface area (Å²) >= 11 is 0. The molecule has 0 rings (SSSR count). The van der Waals surface area contributed by atoms with Crippen LogP contribution in [0, 0.1) is 0 Å². The van der Waals surface area contributed by atoms with Crippen molar-refractivity contribution < 1.29 is 4.79 Å². The van der Waals surface area contributed by atoms with Crippen LogP contribution in [-0.4, -0.2) is 5.78 Å². The monoisotopic (exact) mass is 180 g/mol. The summed E-state index contributed by atoms with van der Waals surface area (Å²) in [4.78, 5) is 11.1. The molecule has 1 heteroatoms. The van der Waals surface area contributed by atoms with Gasteiger partial charge in [-0.1, -0.05) is 25.5 Å². The van der Waals surface area contributed by atoms with Crippen LogP contribution in [0.3, 0.4) is 0 Å². The van der Waals surface area contributed by atoms with Crippen LogP contribution in [0.4, 0.5) is 0 Å². The molecular formula is C12H20O. The lowest BCUT2D eigenvalue weighted by Crippen LogP contribution is -1.96. The number of ketones is 1. The average molecular weight is 180 g/mol. The Kier molecular flexibility index (Phi) is 6.21. The van der Waals surface area contributed by atoms with E-state index in [1.54, 1.807) is 6.92 Å². The van der Waals surface area contributed by atoms with Crippen LogP contribution >= 0.6 is 0 Å². The van der Waals surface area contributed by atoms with E-state index in [-0.39, 0.29) is 5.78 Å². The summed E-state index contributed by atoms with van der Waals surface area (Å²) in [7, 11) is 0. The van der Waals surface area contributed by atoms with Crippen LogP contribution in [-0.2, 0) is 4.79 Å². The largest absolute Gasteiger partial charge is 0.295 e. The molecule has 1 nitrogen and oxygen atoms in total. The third kappa shape index (κ3) is 4.66. The lowest BCUT2D eigenvalue weighted by molar-refractivity contribution is -0.113. The van der Waals surface area contributed by atoms with Gasteiger partial charge in [0.1, 0.15) is 0 Å². The van der Waals surface area contributed by atoms with Gasteiger partial charge in [0.25, 0.3) is 0 Å². The molecule has 74 valence electrons. The molecule has 0 bridgehead atoms. The van der Waals surface area contributed by atoms with Crippen molar-refractivity contribution in [2.75, 3.05) is 0 Å². The summed E-state index contributed by atoms with van der Waals surface area (Å²) < 4.78 is 0. The fourth-order valence-corrected chi connectivity index (χ4v) is 1.19. The molecule has 0 aliphatic heterocycles. The standard InChI is InChI=1S/C12H20O/c1-5-7-9-12(8-6-2)10(3)11(4)13/h6,8H,5,7,9H2,1-4H3/b8-6-,12-10-. The first-order chi connectivity index (χ1) is 6.13. The Hall–Kier alpha value is -0.850. The second-order valence-electron chi connectivity index (χ2n) is 3.31. The zero-order chi connectivity index (χ0) is 10.3. The molecular weight excluding hydrogens is 160 g/mol. The fraction of sp³-hybridized carbons (Fsp3) is 0.583. The highest BCUT2D eigenvalue weighted by Crippen LogP contribution is 2.14. The molecule has 0 aromatic carbocycles. The van der Waals surface area contributed by atoms with Crippen molar-refractivity contribution in [1.82, 2.24) is 0 Å². The number of unbranched alkanes of at least 4 members (excludes halogenated alkanes) is 1. The Bertz CT molecular complexity index is 221. The molecule has 13 heavy (non-hydrogen) atoms. The van der Waals surface area contributed by atoms with Crippen molar-refractivity contribution in [3.63, 3.8) is 0 Å². The van der Waals surface area contributed by atoms with Crippen molar-refractivity contribution in [3.05, 3.63) is 23.3 Å². The minimum absolute atomic E-state index is 0.184. The highest BCUT2D eigenvalue weighted by atomic mass is 16.1. The van der Waals surface area contributed by atoms with E-state index < -0.39 is 0 Å². The minimum atomic E-state index is 0.184. The van der Waals surface area contributed by atoms with Gasteiger partial charge >= 0.3 is 0 Å². The van der Waals surface area contributed by atoms with Crippen LogP contribution in [0.5, 0.6) is 0 Å². The van der Waals surface area contributed by atoms with Crippen LogP contribution in [0.2, 0.25) is 0 Å². The second kappa shape index (κ2) is 6.64. The predicted octanol–water partition coefficient (Wildman–Crippen LogP) is 3.66. The molecule has 0 unspecified atom stereocenters. The van der Waals surface area contributed by atoms with Gasteiger partial charge in [0.2, 0.25) is 0 Å². The van der Waals surface area contributed by atoms with Crippen LogP contribution in [0.1, 0.15) is 47.0 Å². The van der Waals surface area contributed by atoms with Crippen molar-refractivity contribution in [1.29, 1.82) is 0 Å². The van der Waals surface area contributed by atoms with Crippen LogP contribution < -0.4 is 0 Å². The molecule has 0 N–H and O–H groups in total. The van der Waals surface area contributed by atoms with E-state index >= 15 is 0 Å². The number of rotatable bonds is 5. The first-order valence-electron chi connectivity index (χ1n) is 4.96. The number of allylic oxidation sites excluding steroid dienone is 4. The minimum Gasteiger partial charge on any atom is -0.295 e. The molecule has 0 aliphatic rings. The lowest BCUT2D eigenvalue weighted by Gasteiger charge is -2.04. The summed E-state index contributed by atoms with van der Waals surface area (Å²) in [5.41, 5.74) is 2.10. The highest BCUT2D eigenvalue weighted by molar-refractivity contribution is 5.93. The lowest BCUT2D eigenvalue weighted by atomic mass is 10.0. The van der Waals surface area contributed by atoms with Gasteiger partial charge in [0.05, 0.1) is 0 Å². The third-order valence-electron chi connectivity index (χ3n) is 2.18. The zero-order valence-corrected chi connectivity index (χ0v) is 9.18. The maximum Gasteiger partial charge on any atom is 0.155 e. The zero-order valence-electron chi connectivity index (χ0n) is 9.18. The Balaban J connectivity index is 4.56. The van der Waals surface area contributed by atoms with Crippen molar-refractivity contribution >= 4 is 5.78 Å². The Morgan fingerprint density at radius 1 is 1.31 bits per heavy atom. The van der Waals surface area contributed by atoms with Crippen LogP contribution in [0.25, 0.3) is 0 Å². The fourth-order valence-electron chi connectivity index (χ4n) is 1.19. The quantitative estimate of drug-likeness (QED) is 0.466. The number of carbonyl (C=O) groups is 1. The van der Waals surface area contributed by atoms with Gasteiger partial charge in [0, 0.05) is 0 Å².